The molecule has 0 atom stereocenters. The predicted octanol–water partition coefficient (Wildman–Crippen LogP) is 1.68. The number of hydrogen-bond donors (Lipinski definition) is 0. The van der Waals surface area contributed by atoms with Gasteiger partial charge in [0.15, 0.2) is 0 Å². The van der Waals surface area contributed by atoms with Gasteiger partial charge in [0.05, 0.1) is 5.69 Å². The zero-order valence-corrected chi connectivity index (χ0v) is 6.32. The number of carbonyl (C=O) groups excluding carboxylic acids is 1. The van der Waals surface area contributed by atoms with E-state index in [9.17, 15) is 4.79 Å². The summed E-state index contributed by atoms with van der Waals surface area (Å²) in [5, 5.41) is 0. The minimum atomic E-state index is 0.768. The molecule has 0 saturated heterocycles. The lowest BCUT2D eigenvalue weighted by Crippen LogP contribution is -1.83. The highest BCUT2D eigenvalue weighted by atomic mass is 16.1. The molecule has 0 radical (unpaired) electrons. The number of aldehydes is 1. The van der Waals surface area contributed by atoms with Crippen molar-refractivity contribution in [1.82, 2.24) is 4.98 Å². The first-order valence-corrected chi connectivity index (χ1v) is 3.38. The van der Waals surface area contributed by atoms with Gasteiger partial charge in [-0.2, -0.15) is 0 Å². The van der Waals surface area contributed by atoms with Crippen LogP contribution in [-0.2, 0) is 4.79 Å². The Morgan fingerprint density at radius 2 is 2.36 bits per heavy atom. The van der Waals surface area contributed by atoms with E-state index in [2.05, 4.69) is 4.98 Å². The van der Waals surface area contributed by atoms with Crippen molar-refractivity contribution in [3.05, 3.63) is 36.2 Å². The summed E-state index contributed by atoms with van der Waals surface area (Å²) in [7, 11) is 0. The van der Waals surface area contributed by atoms with Crippen molar-refractivity contribution in [1.29, 1.82) is 0 Å². The summed E-state index contributed by atoms with van der Waals surface area (Å²) < 4.78 is 0. The zero-order valence-electron chi connectivity index (χ0n) is 6.32. The van der Waals surface area contributed by atoms with Crippen LogP contribution in [0, 0.1) is 0 Å². The molecular weight excluding hydrogens is 138 g/mol. The third-order valence-corrected chi connectivity index (χ3v) is 1.39. The van der Waals surface area contributed by atoms with Gasteiger partial charge in [0.25, 0.3) is 0 Å². The summed E-state index contributed by atoms with van der Waals surface area (Å²) in [6, 6.07) is 5.61. The Bertz CT molecular complexity index is 264. The van der Waals surface area contributed by atoms with Crippen molar-refractivity contribution in [3.63, 3.8) is 0 Å². The van der Waals surface area contributed by atoms with Crippen molar-refractivity contribution in [2.45, 2.75) is 6.92 Å². The van der Waals surface area contributed by atoms with Crippen molar-refractivity contribution >= 4 is 11.9 Å². The van der Waals surface area contributed by atoms with Crippen LogP contribution in [0.3, 0.4) is 0 Å². The van der Waals surface area contributed by atoms with Gasteiger partial charge < -0.3 is 0 Å². The average Bonchev–Trinajstić information content (AvgIpc) is 2.07. The van der Waals surface area contributed by atoms with Crippen LogP contribution >= 0.6 is 0 Å². The summed E-state index contributed by atoms with van der Waals surface area (Å²) in [6.07, 6.45) is 3.98. The van der Waals surface area contributed by atoms with Gasteiger partial charge in [0, 0.05) is 6.20 Å². The van der Waals surface area contributed by atoms with Crippen LogP contribution in [0.25, 0.3) is 5.57 Å². The quantitative estimate of drug-likeness (QED) is 0.470. The van der Waals surface area contributed by atoms with Gasteiger partial charge in [-0.15, -0.1) is 0 Å². The molecule has 0 unspecified atom stereocenters. The lowest BCUT2D eigenvalue weighted by molar-refractivity contribution is -0.104. The lowest BCUT2D eigenvalue weighted by atomic mass is 10.2. The molecule has 1 aromatic rings. The van der Waals surface area contributed by atoms with Crippen LogP contribution in [0.4, 0.5) is 0 Å². The van der Waals surface area contributed by atoms with Crippen molar-refractivity contribution in [2.75, 3.05) is 0 Å². The minimum Gasteiger partial charge on any atom is -0.299 e. The van der Waals surface area contributed by atoms with Crippen LogP contribution in [-0.4, -0.2) is 11.3 Å². The van der Waals surface area contributed by atoms with Crippen LogP contribution in [0.1, 0.15) is 12.6 Å². The number of rotatable bonds is 2. The normalized spacial score (nSPS) is 11.2. The fourth-order valence-electron chi connectivity index (χ4n) is 0.783. The van der Waals surface area contributed by atoms with Gasteiger partial charge in [-0.25, -0.2) is 0 Å². The summed E-state index contributed by atoms with van der Waals surface area (Å²) in [6.45, 7) is 1.86. The Kier molecular flexibility index (Phi) is 2.55. The van der Waals surface area contributed by atoms with Gasteiger partial charge in [-0.05, 0) is 30.7 Å². The summed E-state index contributed by atoms with van der Waals surface area (Å²) in [5.74, 6) is 0. The number of pyridine rings is 1. The number of nitrogens with zero attached hydrogens (tertiary/aromatic N) is 1. The molecule has 1 heterocycles. The molecule has 2 nitrogen and oxygen atoms in total. The smallest absolute Gasteiger partial charge is 0.143 e. The van der Waals surface area contributed by atoms with E-state index in [1.54, 1.807) is 6.20 Å². The van der Waals surface area contributed by atoms with Crippen LogP contribution in [0.5, 0.6) is 0 Å². The fraction of sp³-hybridized carbons (Fsp3) is 0.111. The molecule has 1 aromatic heterocycles. The van der Waals surface area contributed by atoms with E-state index in [1.807, 2.05) is 25.1 Å². The van der Waals surface area contributed by atoms with E-state index in [0.717, 1.165) is 17.6 Å². The van der Waals surface area contributed by atoms with Crippen molar-refractivity contribution in [2.24, 2.45) is 0 Å². The van der Waals surface area contributed by atoms with Crippen molar-refractivity contribution in [3.8, 4) is 0 Å². The average molecular weight is 147 g/mol. The minimum absolute atomic E-state index is 0.768. The van der Waals surface area contributed by atoms with E-state index >= 15 is 0 Å². The van der Waals surface area contributed by atoms with Gasteiger partial charge in [0.2, 0.25) is 0 Å². The topological polar surface area (TPSA) is 30.0 Å². The Morgan fingerprint density at radius 3 is 2.91 bits per heavy atom. The standard InChI is InChI=1S/C9H9NO/c1-8(5-7-11)9-4-2-3-6-10-9/h2-7H,1H3. The predicted molar refractivity (Wildman–Crippen MR) is 44.0 cm³/mol. The Morgan fingerprint density at radius 1 is 1.55 bits per heavy atom. The highest BCUT2D eigenvalue weighted by molar-refractivity contribution is 5.79. The Labute approximate surface area is 65.6 Å². The number of aromatic nitrogens is 1. The van der Waals surface area contributed by atoms with Crippen LogP contribution in [0.15, 0.2) is 30.5 Å². The highest BCUT2D eigenvalue weighted by Crippen LogP contribution is 2.07. The fourth-order valence-corrected chi connectivity index (χ4v) is 0.783. The van der Waals surface area contributed by atoms with Gasteiger partial charge in [-0.1, -0.05) is 6.07 Å². The van der Waals surface area contributed by atoms with E-state index < -0.39 is 0 Å². The maximum Gasteiger partial charge on any atom is 0.143 e. The highest BCUT2D eigenvalue weighted by Gasteiger charge is 1.92. The molecule has 0 amide bonds. The van der Waals surface area contributed by atoms with Gasteiger partial charge in [0.1, 0.15) is 6.29 Å². The number of allylic oxidation sites excluding steroid dienone is 2. The molecular formula is C9H9NO. The lowest BCUT2D eigenvalue weighted by Gasteiger charge is -1.95. The molecule has 11 heavy (non-hydrogen) atoms. The molecule has 1 rings (SSSR count). The molecule has 0 fully saturated rings. The molecule has 56 valence electrons. The molecule has 0 aromatic carbocycles. The second kappa shape index (κ2) is 3.66. The number of hydrogen-bond acceptors (Lipinski definition) is 2. The second-order valence-corrected chi connectivity index (χ2v) is 2.20. The summed E-state index contributed by atoms with van der Waals surface area (Å²) in [4.78, 5) is 14.2. The summed E-state index contributed by atoms with van der Waals surface area (Å²) >= 11 is 0. The molecule has 0 N–H and O–H groups in total. The van der Waals surface area contributed by atoms with E-state index in [-0.39, 0.29) is 0 Å². The molecule has 0 aliphatic heterocycles. The van der Waals surface area contributed by atoms with E-state index in [0.29, 0.717) is 0 Å². The second-order valence-electron chi connectivity index (χ2n) is 2.20. The van der Waals surface area contributed by atoms with E-state index in [4.69, 9.17) is 0 Å². The third kappa shape index (κ3) is 2.00. The third-order valence-electron chi connectivity index (χ3n) is 1.39. The largest absolute Gasteiger partial charge is 0.299 e. The molecule has 0 aliphatic carbocycles. The molecule has 0 spiro atoms. The maximum absolute atomic E-state index is 10.1. The number of carbonyl (C=O) groups is 1. The maximum atomic E-state index is 10.1. The first-order valence-electron chi connectivity index (χ1n) is 3.38. The SMILES string of the molecule is CC(=CC=O)c1ccccn1. The first-order chi connectivity index (χ1) is 5.34. The monoisotopic (exact) mass is 147 g/mol. The van der Waals surface area contributed by atoms with Crippen LogP contribution < -0.4 is 0 Å². The first kappa shape index (κ1) is 7.66. The molecule has 2 heteroatoms. The zero-order chi connectivity index (χ0) is 8.10. The molecule has 0 bridgehead atoms. The molecule has 0 saturated carbocycles. The van der Waals surface area contributed by atoms with E-state index in [1.165, 1.54) is 6.08 Å². The van der Waals surface area contributed by atoms with Crippen molar-refractivity contribution < 1.29 is 4.79 Å². The van der Waals surface area contributed by atoms with Gasteiger partial charge in [-0.3, -0.25) is 9.78 Å². The Balaban J connectivity index is 2.94. The van der Waals surface area contributed by atoms with Gasteiger partial charge >= 0.3 is 0 Å². The van der Waals surface area contributed by atoms with Crippen LogP contribution in [0.2, 0.25) is 0 Å². The Hall–Kier alpha value is -1.44. The summed E-state index contributed by atoms with van der Waals surface area (Å²) in [5.41, 5.74) is 1.74. The molecule has 0 aliphatic rings.